The quantitative estimate of drug-likeness (QED) is 0.470. The molecule has 30 heavy (non-hydrogen) atoms. The number of rotatable bonds is 5. The Kier molecular flexibility index (Phi) is 5.47. The monoisotopic (exact) mass is 465 g/mol. The number of amides is 1. The third-order valence-corrected chi connectivity index (χ3v) is 5.66. The van der Waals surface area contributed by atoms with Crippen LogP contribution in [0.3, 0.4) is 0 Å². The molecule has 7 heteroatoms. The van der Waals surface area contributed by atoms with E-state index in [-0.39, 0.29) is 12.5 Å². The second kappa shape index (κ2) is 8.07. The third-order valence-electron chi connectivity index (χ3n) is 5.16. The molecule has 1 N–H and O–H groups in total. The number of aromatic nitrogens is 4. The van der Waals surface area contributed by atoms with Gasteiger partial charge in [-0.2, -0.15) is 5.10 Å². The molecule has 6 nitrogen and oxygen atoms in total. The van der Waals surface area contributed by atoms with E-state index in [1.165, 1.54) is 0 Å². The van der Waals surface area contributed by atoms with Crippen molar-refractivity contribution in [2.75, 3.05) is 0 Å². The molecule has 1 aromatic carbocycles. The number of aryl methyl sites for hydroxylation is 4. The van der Waals surface area contributed by atoms with Gasteiger partial charge in [-0.3, -0.25) is 4.79 Å². The zero-order valence-corrected chi connectivity index (χ0v) is 19.1. The molecular formula is C23H24BrN5O. The maximum Gasteiger partial charge on any atom is 0.242 e. The molecule has 154 valence electrons. The lowest BCUT2D eigenvalue weighted by Gasteiger charge is -2.07. The van der Waals surface area contributed by atoms with Crippen LogP contribution < -0.4 is 5.32 Å². The topological polar surface area (TPSA) is 64.7 Å². The largest absolute Gasteiger partial charge is 0.350 e. The van der Waals surface area contributed by atoms with E-state index in [0.29, 0.717) is 6.54 Å². The van der Waals surface area contributed by atoms with E-state index in [1.54, 1.807) is 4.68 Å². The average Bonchev–Trinajstić information content (AvgIpc) is 3.19. The minimum absolute atomic E-state index is 0.104. The van der Waals surface area contributed by atoms with E-state index in [0.717, 1.165) is 49.5 Å². The maximum absolute atomic E-state index is 12.7. The molecule has 0 fully saturated rings. The zero-order valence-electron chi connectivity index (χ0n) is 17.5. The number of carbonyl (C=O) groups excluding carboxylic acids is 1. The first-order valence-corrected chi connectivity index (χ1v) is 10.6. The molecule has 3 heterocycles. The minimum atomic E-state index is -0.104. The molecule has 0 aliphatic carbocycles. The Balaban J connectivity index is 1.68. The van der Waals surface area contributed by atoms with Crippen LogP contribution in [0.2, 0.25) is 0 Å². The highest BCUT2D eigenvalue weighted by Crippen LogP contribution is 2.27. The van der Waals surface area contributed by atoms with Gasteiger partial charge in [-0.25, -0.2) is 9.67 Å². The smallest absolute Gasteiger partial charge is 0.242 e. The van der Waals surface area contributed by atoms with Crippen molar-refractivity contribution in [1.29, 1.82) is 0 Å². The number of halogens is 1. The fourth-order valence-electron chi connectivity index (χ4n) is 3.80. The fraction of sp³-hybridized carbons (Fsp3) is 0.261. The summed E-state index contributed by atoms with van der Waals surface area (Å²) >= 11 is 3.46. The van der Waals surface area contributed by atoms with Gasteiger partial charge in [0.15, 0.2) is 11.5 Å². The Labute approximate surface area is 184 Å². The molecule has 4 aromatic rings. The van der Waals surface area contributed by atoms with Crippen LogP contribution in [-0.4, -0.2) is 25.2 Å². The van der Waals surface area contributed by atoms with E-state index < -0.39 is 0 Å². The first-order chi connectivity index (χ1) is 14.3. The second-order valence-corrected chi connectivity index (χ2v) is 8.53. The van der Waals surface area contributed by atoms with Gasteiger partial charge in [0, 0.05) is 28.1 Å². The number of nitrogens with zero attached hydrogens (tertiary/aromatic N) is 4. The summed E-state index contributed by atoms with van der Waals surface area (Å²) in [6.45, 7) is 8.71. The molecular weight excluding hydrogens is 442 g/mol. The van der Waals surface area contributed by atoms with Gasteiger partial charge in [0.05, 0.1) is 5.39 Å². The molecule has 0 aliphatic rings. The predicted molar refractivity (Wildman–Crippen MR) is 122 cm³/mol. The highest BCUT2D eigenvalue weighted by molar-refractivity contribution is 9.10. The van der Waals surface area contributed by atoms with Crippen LogP contribution in [0.25, 0.3) is 16.9 Å². The normalized spacial score (nSPS) is 11.2. The third kappa shape index (κ3) is 3.89. The van der Waals surface area contributed by atoms with Gasteiger partial charge in [-0.15, -0.1) is 0 Å². The molecule has 0 bridgehead atoms. The van der Waals surface area contributed by atoms with Crippen molar-refractivity contribution < 1.29 is 4.79 Å². The van der Waals surface area contributed by atoms with Gasteiger partial charge in [0.2, 0.25) is 5.91 Å². The SMILES string of the molecule is Cc1cc(C)c2c(-n3c(C)ccc3C)nn(CC(=O)NCc3cccc(Br)c3)c2n1. The molecule has 0 spiro atoms. The van der Waals surface area contributed by atoms with Crippen molar-refractivity contribution in [1.82, 2.24) is 24.6 Å². The summed E-state index contributed by atoms with van der Waals surface area (Å²) in [7, 11) is 0. The lowest BCUT2D eigenvalue weighted by Crippen LogP contribution is -2.27. The number of pyridine rings is 1. The number of carbonyl (C=O) groups is 1. The van der Waals surface area contributed by atoms with Gasteiger partial charge in [0.1, 0.15) is 6.54 Å². The molecule has 0 saturated carbocycles. The van der Waals surface area contributed by atoms with Gasteiger partial charge < -0.3 is 9.88 Å². The van der Waals surface area contributed by atoms with Gasteiger partial charge in [-0.1, -0.05) is 28.1 Å². The molecule has 3 aromatic heterocycles. The predicted octanol–water partition coefficient (Wildman–Crippen LogP) is 4.53. The molecule has 0 saturated heterocycles. The van der Waals surface area contributed by atoms with Crippen LogP contribution in [0.5, 0.6) is 0 Å². The molecule has 0 radical (unpaired) electrons. The van der Waals surface area contributed by atoms with E-state index >= 15 is 0 Å². The van der Waals surface area contributed by atoms with Crippen LogP contribution in [0, 0.1) is 27.7 Å². The average molecular weight is 466 g/mol. The van der Waals surface area contributed by atoms with Crippen molar-refractivity contribution in [3.05, 3.63) is 75.1 Å². The van der Waals surface area contributed by atoms with Crippen LogP contribution in [0.4, 0.5) is 0 Å². The molecule has 0 unspecified atom stereocenters. The fourth-order valence-corrected chi connectivity index (χ4v) is 4.25. The van der Waals surface area contributed by atoms with E-state index in [9.17, 15) is 4.79 Å². The minimum Gasteiger partial charge on any atom is -0.350 e. The Morgan fingerprint density at radius 3 is 2.50 bits per heavy atom. The lowest BCUT2D eigenvalue weighted by atomic mass is 10.1. The van der Waals surface area contributed by atoms with Crippen LogP contribution in [0.1, 0.15) is 28.2 Å². The van der Waals surface area contributed by atoms with E-state index in [2.05, 4.69) is 64.8 Å². The Morgan fingerprint density at radius 1 is 1.07 bits per heavy atom. The first kappa shape index (κ1) is 20.3. The number of fused-ring (bicyclic) bond motifs is 1. The number of hydrogen-bond donors (Lipinski definition) is 1. The summed E-state index contributed by atoms with van der Waals surface area (Å²) < 4.78 is 4.81. The summed E-state index contributed by atoms with van der Waals surface area (Å²) in [5.41, 5.74) is 5.96. The van der Waals surface area contributed by atoms with Gasteiger partial charge >= 0.3 is 0 Å². The van der Waals surface area contributed by atoms with Crippen LogP contribution in [0.15, 0.2) is 46.9 Å². The van der Waals surface area contributed by atoms with Crippen molar-refractivity contribution in [2.24, 2.45) is 0 Å². The number of benzene rings is 1. The maximum atomic E-state index is 12.7. The number of hydrogen-bond acceptors (Lipinski definition) is 3. The Hall–Kier alpha value is -2.93. The number of nitrogens with one attached hydrogen (secondary N) is 1. The standard InChI is InChI=1S/C23H24BrN5O/c1-14-10-15(2)26-22-21(14)23(29-16(3)8-9-17(29)4)27-28(22)13-20(30)25-12-18-6-5-7-19(24)11-18/h5-11H,12-13H2,1-4H3,(H,25,30). The lowest BCUT2D eigenvalue weighted by molar-refractivity contribution is -0.121. The first-order valence-electron chi connectivity index (χ1n) is 9.84. The Bertz CT molecular complexity index is 1230. The summed E-state index contributed by atoms with van der Waals surface area (Å²) in [6.07, 6.45) is 0. The Morgan fingerprint density at radius 2 is 1.80 bits per heavy atom. The van der Waals surface area contributed by atoms with Crippen LogP contribution in [-0.2, 0) is 17.9 Å². The van der Waals surface area contributed by atoms with Crippen molar-refractivity contribution in [3.63, 3.8) is 0 Å². The zero-order chi connectivity index (χ0) is 21.4. The second-order valence-electron chi connectivity index (χ2n) is 7.62. The highest BCUT2D eigenvalue weighted by Gasteiger charge is 2.19. The molecule has 0 atom stereocenters. The van der Waals surface area contributed by atoms with Crippen molar-refractivity contribution in [3.8, 4) is 5.82 Å². The molecule has 4 rings (SSSR count). The van der Waals surface area contributed by atoms with Gasteiger partial charge in [-0.05, 0) is 69.2 Å². The summed E-state index contributed by atoms with van der Waals surface area (Å²) in [5, 5.41) is 8.77. The molecule has 1 amide bonds. The van der Waals surface area contributed by atoms with E-state index in [4.69, 9.17) is 10.1 Å². The summed E-state index contributed by atoms with van der Waals surface area (Å²) in [5.74, 6) is 0.711. The van der Waals surface area contributed by atoms with Crippen LogP contribution >= 0.6 is 15.9 Å². The highest BCUT2D eigenvalue weighted by atomic mass is 79.9. The van der Waals surface area contributed by atoms with Crippen molar-refractivity contribution >= 4 is 32.9 Å². The van der Waals surface area contributed by atoms with E-state index in [1.807, 2.05) is 31.2 Å². The van der Waals surface area contributed by atoms with Crippen molar-refractivity contribution in [2.45, 2.75) is 40.8 Å². The summed E-state index contributed by atoms with van der Waals surface area (Å²) in [6, 6.07) is 14.1. The van der Waals surface area contributed by atoms with Gasteiger partial charge in [0.25, 0.3) is 0 Å². The summed E-state index contributed by atoms with van der Waals surface area (Å²) in [4.78, 5) is 17.4. The molecule has 0 aliphatic heterocycles.